The number of anilines is 1. The fourth-order valence-corrected chi connectivity index (χ4v) is 3.21. The van der Waals surface area contributed by atoms with Crippen LogP contribution >= 0.6 is 0 Å². The Kier molecular flexibility index (Phi) is 4.99. The first-order valence-electron chi connectivity index (χ1n) is 8.36. The van der Waals surface area contributed by atoms with Crippen LogP contribution in [0.15, 0.2) is 42.1 Å². The number of hydrogen-bond acceptors (Lipinski definition) is 2. The normalized spacial score (nSPS) is 19.0. The number of rotatable bonds is 2. The van der Waals surface area contributed by atoms with Crippen LogP contribution in [0.1, 0.15) is 32.1 Å². The predicted octanol–water partition coefficient (Wildman–Crippen LogP) is 3.37. The minimum atomic E-state index is 0.0470. The van der Waals surface area contributed by atoms with Gasteiger partial charge in [-0.05, 0) is 37.8 Å². The van der Waals surface area contributed by atoms with Crippen LogP contribution in [0.4, 0.5) is 10.5 Å². The van der Waals surface area contributed by atoms with E-state index in [0.717, 1.165) is 39.0 Å². The Bertz CT molecular complexity index is 510. The van der Waals surface area contributed by atoms with Gasteiger partial charge >= 0.3 is 6.03 Å². The lowest BCUT2D eigenvalue weighted by Gasteiger charge is -2.35. The van der Waals surface area contributed by atoms with Gasteiger partial charge in [0.15, 0.2) is 0 Å². The third kappa shape index (κ3) is 3.81. The van der Waals surface area contributed by atoms with Gasteiger partial charge in [-0.1, -0.05) is 30.2 Å². The van der Waals surface area contributed by atoms with Crippen molar-refractivity contribution in [2.24, 2.45) is 0 Å². The van der Waals surface area contributed by atoms with Crippen molar-refractivity contribution in [3.63, 3.8) is 0 Å². The highest BCUT2D eigenvalue weighted by molar-refractivity contribution is 5.75. The molecule has 22 heavy (non-hydrogen) atoms. The van der Waals surface area contributed by atoms with Gasteiger partial charge in [-0.2, -0.15) is 0 Å². The Morgan fingerprint density at radius 2 is 1.64 bits per heavy atom. The molecule has 1 aliphatic heterocycles. The standard InChI is InChI=1S/C18H25N3O/c22-18(19-15-16-7-3-1-4-8-16)21-13-11-20(12-14-21)17-9-5-2-6-10-17/h2,5-6,9-10,15H,1,3-4,7-8,11-14H2,(H,19,22). The van der Waals surface area contributed by atoms with Gasteiger partial charge in [0.25, 0.3) is 0 Å². The molecule has 2 amide bonds. The number of allylic oxidation sites excluding steroid dienone is 1. The Morgan fingerprint density at radius 1 is 0.955 bits per heavy atom. The molecule has 1 aliphatic carbocycles. The summed E-state index contributed by atoms with van der Waals surface area (Å²) in [6.45, 7) is 3.36. The minimum absolute atomic E-state index is 0.0470. The maximum atomic E-state index is 12.2. The molecule has 2 aliphatic rings. The maximum Gasteiger partial charge on any atom is 0.321 e. The summed E-state index contributed by atoms with van der Waals surface area (Å²) in [6, 6.07) is 10.5. The molecule has 1 aromatic rings. The third-order valence-corrected chi connectivity index (χ3v) is 4.58. The fourth-order valence-electron chi connectivity index (χ4n) is 3.21. The molecule has 0 radical (unpaired) electrons. The zero-order valence-electron chi connectivity index (χ0n) is 13.1. The first kappa shape index (κ1) is 14.9. The predicted molar refractivity (Wildman–Crippen MR) is 89.9 cm³/mol. The summed E-state index contributed by atoms with van der Waals surface area (Å²) >= 11 is 0. The topological polar surface area (TPSA) is 35.6 Å². The van der Waals surface area contributed by atoms with Crippen molar-refractivity contribution in [1.82, 2.24) is 10.2 Å². The number of carbonyl (C=O) groups excluding carboxylic acids is 1. The summed E-state index contributed by atoms with van der Waals surface area (Å²) in [6.07, 6.45) is 8.08. The zero-order chi connectivity index (χ0) is 15.2. The summed E-state index contributed by atoms with van der Waals surface area (Å²) in [4.78, 5) is 16.5. The lowest BCUT2D eigenvalue weighted by molar-refractivity contribution is 0.198. The molecule has 1 N–H and O–H groups in total. The summed E-state index contributed by atoms with van der Waals surface area (Å²) in [5.74, 6) is 0. The second kappa shape index (κ2) is 7.34. The van der Waals surface area contributed by atoms with E-state index in [9.17, 15) is 4.79 Å². The molecule has 2 fully saturated rings. The highest BCUT2D eigenvalue weighted by Crippen LogP contribution is 2.22. The van der Waals surface area contributed by atoms with Crippen LogP contribution < -0.4 is 10.2 Å². The van der Waals surface area contributed by atoms with Crippen molar-refractivity contribution in [3.05, 3.63) is 42.1 Å². The SMILES string of the molecule is O=C(NC=C1CCCCC1)N1CCN(c2ccccc2)CC1. The molecule has 3 rings (SSSR count). The van der Waals surface area contributed by atoms with E-state index in [1.54, 1.807) is 0 Å². The van der Waals surface area contributed by atoms with Gasteiger partial charge in [0.1, 0.15) is 0 Å². The molecule has 1 saturated heterocycles. The Labute approximate surface area is 132 Å². The van der Waals surface area contributed by atoms with Crippen molar-refractivity contribution < 1.29 is 4.79 Å². The van der Waals surface area contributed by atoms with Crippen molar-refractivity contribution in [2.45, 2.75) is 32.1 Å². The molecule has 0 spiro atoms. The third-order valence-electron chi connectivity index (χ3n) is 4.58. The number of amides is 2. The average Bonchev–Trinajstić information content (AvgIpc) is 2.61. The molecule has 4 nitrogen and oxygen atoms in total. The van der Waals surface area contributed by atoms with E-state index < -0.39 is 0 Å². The van der Waals surface area contributed by atoms with E-state index in [4.69, 9.17) is 0 Å². The zero-order valence-corrected chi connectivity index (χ0v) is 13.1. The number of nitrogens with one attached hydrogen (secondary N) is 1. The van der Waals surface area contributed by atoms with Gasteiger partial charge in [0.2, 0.25) is 0 Å². The molecule has 118 valence electrons. The Balaban J connectivity index is 1.47. The number of piperazine rings is 1. The van der Waals surface area contributed by atoms with Gasteiger partial charge in [-0.15, -0.1) is 0 Å². The summed E-state index contributed by atoms with van der Waals surface area (Å²) in [5.41, 5.74) is 2.63. The molecular formula is C18H25N3O. The van der Waals surface area contributed by atoms with E-state index in [2.05, 4.69) is 34.5 Å². The first-order valence-corrected chi connectivity index (χ1v) is 8.36. The van der Waals surface area contributed by atoms with Gasteiger partial charge in [-0.3, -0.25) is 0 Å². The van der Waals surface area contributed by atoms with Crippen molar-refractivity contribution in [3.8, 4) is 0 Å². The van der Waals surface area contributed by atoms with Gasteiger partial charge in [0, 0.05) is 38.1 Å². The lowest BCUT2D eigenvalue weighted by atomic mass is 9.96. The summed E-state index contributed by atoms with van der Waals surface area (Å²) in [7, 11) is 0. The van der Waals surface area contributed by atoms with Crippen LogP contribution in [0.25, 0.3) is 0 Å². The van der Waals surface area contributed by atoms with E-state index >= 15 is 0 Å². The number of nitrogens with zero attached hydrogens (tertiary/aromatic N) is 2. The molecule has 0 unspecified atom stereocenters. The molecular weight excluding hydrogens is 274 g/mol. The maximum absolute atomic E-state index is 12.2. The molecule has 0 atom stereocenters. The minimum Gasteiger partial charge on any atom is -0.368 e. The highest BCUT2D eigenvalue weighted by Gasteiger charge is 2.20. The van der Waals surface area contributed by atoms with E-state index in [0.29, 0.717) is 0 Å². The van der Waals surface area contributed by atoms with Gasteiger partial charge in [0.05, 0.1) is 0 Å². The van der Waals surface area contributed by atoms with Crippen LogP contribution in [-0.2, 0) is 0 Å². The van der Waals surface area contributed by atoms with Crippen LogP contribution in [-0.4, -0.2) is 37.1 Å². The van der Waals surface area contributed by atoms with Gasteiger partial charge in [-0.25, -0.2) is 4.79 Å². The molecule has 0 aromatic heterocycles. The molecule has 0 bridgehead atoms. The van der Waals surface area contributed by atoms with E-state index in [1.807, 2.05) is 17.2 Å². The molecule has 4 heteroatoms. The lowest BCUT2D eigenvalue weighted by Crippen LogP contribution is -2.51. The smallest absolute Gasteiger partial charge is 0.321 e. The molecule has 1 heterocycles. The van der Waals surface area contributed by atoms with Crippen LogP contribution in [0.2, 0.25) is 0 Å². The second-order valence-corrected chi connectivity index (χ2v) is 6.12. The van der Waals surface area contributed by atoms with E-state index in [1.165, 1.54) is 30.5 Å². The highest BCUT2D eigenvalue weighted by atomic mass is 16.2. The number of carbonyl (C=O) groups is 1. The van der Waals surface area contributed by atoms with Crippen molar-refractivity contribution in [2.75, 3.05) is 31.1 Å². The van der Waals surface area contributed by atoms with Gasteiger partial charge < -0.3 is 15.1 Å². The fraction of sp³-hybridized carbons (Fsp3) is 0.500. The van der Waals surface area contributed by atoms with Crippen LogP contribution in [0.5, 0.6) is 0 Å². The van der Waals surface area contributed by atoms with Crippen LogP contribution in [0, 0.1) is 0 Å². The number of benzene rings is 1. The largest absolute Gasteiger partial charge is 0.368 e. The van der Waals surface area contributed by atoms with Crippen molar-refractivity contribution in [1.29, 1.82) is 0 Å². The Morgan fingerprint density at radius 3 is 2.32 bits per heavy atom. The first-order chi connectivity index (χ1) is 10.8. The number of para-hydroxylation sites is 1. The quantitative estimate of drug-likeness (QED) is 0.909. The van der Waals surface area contributed by atoms with E-state index in [-0.39, 0.29) is 6.03 Å². The number of hydrogen-bond donors (Lipinski definition) is 1. The average molecular weight is 299 g/mol. The Hall–Kier alpha value is -1.97. The van der Waals surface area contributed by atoms with Crippen molar-refractivity contribution >= 4 is 11.7 Å². The molecule has 1 aromatic carbocycles. The second-order valence-electron chi connectivity index (χ2n) is 6.12. The summed E-state index contributed by atoms with van der Waals surface area (Å²) < 4.78 is 0. The van der Waals surface area contributed by atoms with Crippen LogP contribution in [0.3, 0.4) is 0 Å². The summed E-state index contributed by atoms with van der Waals surface area (Å²) in [5, 5.41) is 2.98. The monoisotopic (exact) mass is 299 g/mol. The number of urea groups is 1. The molecule has 1 saturated carbocycles.